The highest BCUT2D eigenvalue weighted by molar-refractivity contribution is 5.69. The van der Waals surface area contributed by atoms with E-state index >= 15 is 0 Å². The molecule has 0 aliphatic heterocycles. The molecule has 1 aromatic rings. The summed E-state index contributed by atoms with van der Waals surface area (Å²) in [6.45, 7) is 2.65. The Morgan fingerprint density at radius 1 is 0.906 bits per heavy atom. The summed E-state index contributed by atoms with van der Waals surface area (Å²) in [6.07, 6.45) is 22.4. The molecule has 1 aromatic carbocycles. The van der Waals surface area contributed by atoms with Gasteiger partial charge in [0, 0.05) is 12.1 Å². The number of benzene rings is 1. The van der Waals surface area contributed by atoms with E-state index in [1.807, 2.05) is 0 Å². The number of nitro groups is 1. The molecule has 1 amide bonds. The number of carbonyl (C=O) groups excluding carboxylic acids is 1. The lowest BCUT2D eigenvalue weighted by molar-refractivity contribution is -0.384. The zero-order valence-electron chi connectivity index (χ0n) is 19.3. The van der Waals surface area contributed by atoms with Gasteiger partial charge in [0.2, 0.25) is 0 Å². The van der Waals surface area contributed by atoms with Gasteiger partial charge in [0.15, 0.2) is 0 Å². The number of amides is 1. The SMILES string of the molecule is CCCCC/C=C\C/C=C\CCCCCCCCONC(=O)Oc1ccc([N+](=O)[O-])cc1. The molecule has 0 unspecified atom stereocenters. The van der Waals surface area contributed by atoms with Crippen LogP contribution in [0.1, 0.15) is 84.0 Å². The molecule has 0 fully saturated rings. The molecule has 32 heavy (non-hydrogen) atoms. The zero-order valence-corrected chi connectivity index (χ0v) is 19.3. The quantitative estimate of drug-likeness (QED) is 0.110. The fourth-order valence-electron chi connectivity index (χ4n) is 3.04. The van der Waals surface area contributed by atoms with Crippen LogP contribution in [0.2, 0.25) is 0 Å². The first kappa shape index (κ1) is 27.4. The molecular weight excluding hydrogens is 408 g/mol. The minimum atomic E-state index is -0.751. The molecule has 178 valence electrons. The van der Waals surface area contributed by atoms with Gasteiger partial charge in [-0.15, -0.1) is 0 Å². The second kappa shape index (κ2) is 19.0. The van der Waals surface area contributed by atoms with E-state index in [0.717, 1.165) is 32.1 Å². The summed E-state index contributed by atoms with van der Waals surface area (Å²) in [6, 6.07) is 5.27. The van der Waals surface area contributed by atoms with Crippen molar-refractivity contribution in [3.8, 4) is 5.75 Å². The number of non-ortho nitro benzene ring substituents is 1. The molecule has 7 heteroatoms. The number of hydrogen-bond acceptors (Lipinski definition) is 5. The molecule has 0 bridgehead atoms. The van der Waals surface area contributed by atoms with E-state index < -0.39 is 11.0 Å². The van der Waals surface area contributed by atoms with Gasteiger partial charge in [-0.1, -0.05) is 69.8 Å². The van der Waals surface area contributed by atoms with E-state index in [1.54, 1.807) is 0 Å². The molecule has 0 aromatic heterocycles. The molecule has 0 radical (unpaired) electrons. The fraction of sp³-hybridized carbons (Fsp3) is 0.560. The second-order valence-corrected chi connectivity index (χ2v) is 7.68. The standard InChI is InChI=1S/C25H38N2O5/c1-2-3-4-5-6-7-8-9-10-11-12-13-14-15-16-17-22-31-26-25(28)32-24-20-18-23(19-21-24)27(29)30/h6-7,9-10,18-21H,2-5,8,11-17,22H2,1H3,(H,26,28)/b7-6-,10-9-. The molecule has 0 saturated carbocycles. The lowest BCUT2D eigenvalue weighted by Gasteiger charge is -2.07. The highest BCUT2D eigenvalue weighted by Gasteiger charge is 2.07. The Kier molecular flexibility index (Phi) is 16.3. The predicted octanol–water partition coefficient (Wildman–Crippen LogP) is 7.43. The van der Waals surface area contributed by atoms with Gasteiger partial charge in [0.1, 0.15) is 5.75 Å². The average molecular weight is 447 g/mol. The number of hydroxylamine groups is 1. The van der Waals surface area contributed by atoms with E-state index in [-0.39, 0.29) is 11.4 Å². The molecule has 0 atom stereocenters. The summed E-state index contributed by atoms with van der Waals surface area (Å²) in [4.78, 5) is 26.8. The third-order valence-corrected chi connectivity index (χ3v) is 4.86. The number of nitrogens with zero attached hydrogens (tertiary/aromatic N) is 1. The molecular formula is C25H38N2O5. The fourth-order valence-corrected chi connectivity index (χ4v) is 3.04. The van der Waals surface area contributed by atoms with Crippen LogP contribution in [-0.2, 0) is 4.84 Å². The monoisotopic (exact) mass is 446 g/mol. The molecule has 0 aliphatic carbocycles. The van der Waals surface area contributed by atoms with Gasteiger partial charge in [0.25, 0.3) is 5.69 Å². The Hall–Kier alpha value is -2.67. The van der Waals surface area contributed by atoms with Crippen LogP contribution in [0.25, 0.3) is 0 Å². The maximum atomic E-state index is 11.6. The summed E-state index contributed by atoms with van der Waals surface area (Å²) in [5, 5.41) is 10.6. The van der Waals surface area contributed by atoms with E-state index in [4.69, 9.17) is 9.57 Å². The van der Waals surface area contributed by atoms with Crippen molar-refractivity contribution in [2.75, 3.05) is 6.61 Å². The van der Waals surface area contributed by atoms with Crippen molar-refractivity contribution < 1.29 is 19.3 Å². The Labute approximate surface area is 192 Å². The van der Waals surface area contributed by atoms with Crippen molar-refractivity contribution in [2.24, 2.45) is 0 Å². The normalized spacial score (nSPS) is 11.3. The molecule has 0 aliphatic rings. The van der Waals surface area contributed by atoms with E-state index in [2.05, 4.69) is 36.7 Å². The Morgan fingerprint density at radius 3 is 2.12 bits per heavy atom. The highest BCUT2D eigenvalue weighted by Crippen LogP contribution is 2.17. The Balaban J connectivity index is 1.89. The second-order valence-electron chi connectivity index (χ2n) is 7.68. The van der Waals surface area contributed by atoms with Crippen molar-refractivity contribution in [1.82, 2.24) is 5.48 Å². The van der Waals surface area contributed by atoms with Crippen molar-refractivity contribution in [1.29, 1.82) is 0 Å². The van der Waals surface area contributed by atoms with Gasteiger partial charge >= 0.3 is 6.09 Å². The summed E-state index contributed by atoms with van der Waals surface area (Å²) in [7, 11) is 0. The van der Waals surface area contributed by atoms with Gasteiger partial charge in [-0.05, 0) is 50.7 Å². The number of rotatable bonds is 18. The zero-order chi connectivity index (χ0) is 23.3. The number of hydrogen-bond donors (Lipinski definition) is 1. The van der Waals surface area contributed by atoms with Crippen LogP contribution >= 0.6 is 0 Å². The van der Waals surface area contributed by atoms with E-state index in [0.29, 0.717) is 6.61 Å². The smallest absolute Gasteiger partial charge is 0.409 e. The van der Waals surface area contributed by atoms with Gasteiger partial charge in [-0.25, -0.2) is 4.79 Å². The predicted molar refractivity (Wildman–Crippen MR) is 128 cm³/mol. The summed E-state index contributed by atoms with van der Waals surface area (Å²) in [5.41, 5.74) is 2.15. The number of ether oxygens (including phenoxy) is 1. The number of nitro benzene ring substituents is 1. The first-order valence-electron chi connectivity index (χ1n) is 11.8. The third-order valence-electron chi connectivity index (χ3n) is 4.86. The highest BCUT2D eigenvalue weighted by atomic mass is 16.7. The molecule has 0 heterocycles. The van der Waals surface area contributed by atoms with Crippen LogP contribution in [0.15, 0.2) is 48.6 Å². The van der Waals surface area contributed by atoms with Crippen LogP contribution in [0.3, 0.4) is 0 Å². The van der Waals surface area contributed by atoms with Crippen LogP contribution in [0.4, 0.5) is 10.5 Å². The van der Waals surface area contributed by atoms with E-state index in [1.165, 1.54) is 69.2 Å². The van der Waals surface area contributed by atoms with Crippen LogP contribution < -0.4 is 10.2 Å². The summed E-state index contributed by atoms with van der Waals surface area (Å²) >= 11 is 0. The van der Waals surface area contributed by atoms with E-state index in [9.17, 15) is 14.9 Å². The molecule has 7 nitrogen and oxygen atoms in total. The minimum absolute atomic E-state index is 0.0635. The van der Waals surface area contributed by atoms with Crippen LogP contribution in [0.5, 0.6) is 5.75 Å². The third kappa shape index (κ3) is 15.2. The average Bonchev–Trinajstić information content (AvgIpc) is 2.78. The largest absolute Gasteiger partial charge is 0.436 e. The lowest BCUT2D eigenvalue weighted by Crippen LogP contribution is -2.27. The number of unbranched alkanes of at least 4 members (excludes halogenated alkanes) is 9. The number of nitrogens with one attached hydrogen (secondary N) is 1. The number of carbonyl (C=O) groups is 1. The number of allylic oxidation sites excluding steroid dienone is 4. The first-order chi connectivity index (χ1) is 15.6. The Bertz CT molecular complexity index is 686. The van der Waals surface area contributed by atoms with Crippen LogP contribution in [-0.4, -0.2) is 17.6 Å². The minimum Gasteiger partial charge on any atom is -0.409 e. The topological polar surface area (TPSA) is 90.7 Å². The molecule has 1 rings (SSSR count). The van der Waals surface area contributed by atoms with Gasteiger partial charge in [-0.2, -0.15) is 5.48 Å². The molecule has 0 saturated heterocycles. The van der Waals surface area contributed by atoms with Gasteiger partial charge < -0.3 is 4.74 Å². The van der Waals surface area contributed by atoms with Crippen molar-refractivity contribution in [3.05, 3.63) is 58.7 Å². The van der Waals surface area contributed by atoms with Crippen molar-refractivity contribution >= 4 is 11.8 Å². The Morgan fingerprint density at radius 2 is 1.50 bits per heavy atom. The molecule has 0 spiro atoms. The van der Waals surface area contributed by atoms with Crippen molar-refractivity contribution in [2.45, 2.75) is 84.0 Å². The first-order valence-corrected chi connectivity index (χ1v) is 11.8. The lowest BCUT2D eigenvalue weighted by atomic mass is 10.1. The molecule has 1 N–H and O–H groups in total. The summed E-state index contributed by atoms with van der Waals surface area (Å²) < 4.78 is 4.98. The van der Waals surface area contributed by atoms with Crippen molar-refractivity contribution in [3.63, 3.8) is 0 Å². The van der Waals surface area contributed by atoms with Gasteiger partial charge in [0.05, 0.1) is 11.5 Å². The maximum absolute atomic E-state index is 11.6. The van der Waals surface area contributed by atoms with Crippen LogP contribution in [0, 0.1) is 10.1 Å². The van der Waals surface area contributed by atoms with Gasteiger partial charge in [-0.3, -0.25) is 15.0 Å². The maximum Gasteiger partial charge on any atom is 0.436 e. The summed E-state index contributed by atoms with van der Waals surface area (Å²) in [5.74, 6) is 0.213.